The van der Waals surface area contributed by atoms with Gasteiger partial charge in [0.2, 0.25) is 6.41 Å². The van der Waals surface area contributed by atoms with E-state index in [9.17, 15) is 4.79 Å². The molecule has 0 radical (unpaired) electrons. The minimum Gasteiger partial charge on any atom is -0.493 e. The summed E-state index contributed by atoms with van der Waals surface area (Å²) in [5.41, 5.74) is 1.22. The maximum Gasteiger partial charge on any atom is 0.207 e. The third-order valence-electron chi connectivity index (χ3n) is 3.04. The molecule has 1 atom stereocenters. The lowest BCUT2D eigenvalue weighted by molar-refractivity contribution is -0.109. The largest absolute Gasteiger partial charge is 0.493 e. The molecule has 0 heterocycles. The number of nitrogens with one attached hydrogen (secondary N) is 1. The van der Waals surface area contributed by atoms with Gasteiger partial charge in [0.1, 0.15) is 5.75 Å². The van der Waals surface area contributed by atoms with Gasteiger partial charge in [-0.05, 0) is 30.4 Å². The van der Waals surface area contributed by atoms with Gasteiger partial charge in [-0.3, -0.25) is 4.79 Å². The van der Waals surface area contributed by atoms with Crippen LogP contribution in [-0.2, 0) is 11.2 Å². The molecule has 0 aromatic heterocycles. The molecule has 0 aliphatic heterocycles. The zero-order valence-electron chi connectivity index (χ0n) is 11.3. The molecule has 1 aromatic rings. The van der Waals surface area contributed by atoms with Crippen molar-refractivity contribution in [3.63, 3.8) is 0 Å². The molecule has 3 heteroatoms. The molecule has 3 nitrogen and oxygen atoms in total. The highest BCUT2D eigenvalue weighted by atomic mass is 16.5. The van der Waals surface area contributed by atoms with E-state index in [1.165, 1.54) is 5.56 Å². The normalized spacial score (nSPS) is 11.9. The third-order valence-corrected chi connectivity index (χ3v) is 3.04. The quantitative estimate of drug-likeness (QED) is 0.540. The van der Waals surface area contributed by atoms with E-state index in [-0.39, 0.29) is 0 Å². The Kier molecular flexibility index (Phi) is 6.92. The number of hydrogen-bond acceptors (Lipinski definition) is 2. The van der Waals surface area contributed by atoms with Gasteiger partial charge in [-0.1, -0.05) is 38.5 Å². The van der Waals surface area contributed by atoms with Gasteiger partial charge in [0, 0.05) is 6.54 Å². The Morgan fingerprint density at radius 1 is 1.39 bits per heavy atom. The minimum atomic E-state index is 0.579. The molecular weight excluding hydrogens is 226 g/mol. The monoisotopic (exact) mass is 249 g/mol. The topological polar surface area (TPSA) is 38.3 Å². The van der Waals surface area contributed by atoms with Crippen molar-refractivity contribution < 1.29 is 9.53 Å². The number of carbonyl (C=O) groups is 1. The minimum absolute atomic E-state index is 0.579. The zero-order valence-corrected chi connectivity index (χ0v) is 11.3. The Bertz CT molecular complexity index is 352. The summed E-state index contributed by atoms with van der Waals surface area (Å²) in [7, 11) is 0. The summed E-state index contributed by atoms with van der Waals surface area (Å²) in [4.78, 5) is 10.2. The van der Waals surface area contributed by atoms with Crippen molar-refractivity contribution in [1.82, 2.24) is 5.32 Å². The third kappa shape index (κ3) is 5.21. The summed E-state index contributed by atoms with van der Waals surface area (Å²) >= 11 is 0. The van der Waals surface area contributed by atoms with Crippen molar-refractivity contribution in [2.24, 2.45) is 5.92 Å². The van der Waals surface area contributed by atoms with Gasteiger partial charge in [-0.15, -0.1) is 0 Å². The lowest BCUT2D eigenvalue weighted by Gasteiger charge is -2.14. The molecule has 1 amide bonds. The number of ether oxygens (including phenoxy) is 1. The number of carbonyl (C=O) groups excluding carboxylic acids is 1. The first-order valence-electron chi connectivity index (χ1n) is 6.65. The van der Waals surface area contributed by atoms with Crippen molar-refractivity contribution in [2.45, 2.75) is 33.1 Å². The molecule has 0 bridgehead atoms. The van der Waals surface area contributed by atoms with E-state index < -0.39 is 0 Å². The standard InChI is InChI=1S/C15H23NO2/c1-3-13(2)11-18-15-9-5-4-7-14(15)8-6-10-16-12-17/h4-5,7,9,12-13H,3,6,8,10-11H2,1-2H3,(H,16,17)/t13-/m1/s1. The molecule has 1 N–H and O–H groups in total. The van der Waals surface area contributed by atoms with Crippen molar-refractivity contribution in [1.29, 1.82) is 0 Å². The van der Waals surface area contributed by atoms with Crippen LogP contribution in [0.2, 0.25) is 0 Å². The van der Waals surface area contributed by atoms with E-state index in [0.717, 1.165) is 38.0 Å². The predicted octanol–water partition coefficient (Wildman–Crippen LogP) is 2.79. The first-order valence-corrected chi connectivity index (χ1v) is 6.65. The van der Waals surface area contributed by atoms with Gasteiger partial charge in [0.05, 0.1) is 6.61 Å². The Morgan fingerprint density at radius 3 is 2.89 bits per heavy atom. The van der Waals surface area contributed by atoms with Crippen LogP contribution in [0.1, 0.15) is 32.3 Å². The van der Waals surface area contributed by atoms with Gasteiger partial charge in [0.25, 0.3) is 0 Å². The summed E-state index contributed by atoms with van der Waals surface area (Å²) in [5, 5.41) is 2.68. The number of hydrogen-bond donors (Lipinski definition) is 1. The second-order valence-corrected chi connectivity index (χ2v) is 4.61. The van der Waals surface area contributed by atoms with E-state index >= 15 is 0 Å². The van der Waals surface area contributed by atoms with Crippen molar-refractivity contribution in [2.75, 3.05) is 13.2 Å². The highest BCUT2D eigenvalue weighted by Gasteiger charge is 2.05. The molecule has 100 valence electrons. The maximum absolute atomic E-state index is 10.2. The van der Waals surface area contributed by atoms with E-state index in [2.05, 4.69) is 25.2 Å². The highest BCUT2D eigenvalue weighted by molar-refractivity contribution is 5.45. The van der Waals surface area contributed by atoms with Gasteiger partial charge < -0.3 is 10.1 Å². The van der Waals surface area contributed by atoms with Gasteiger partial charge in [0.15, 0.2) is 0 Å². The molecule has 1 rings (SSSR count). The molecule has 0 saturated heterocycles. The summed E-state index contributed by atoms with van der Waals surface area (Å²) in [6.45, 7) is 5.84. The Labute approximate surface area is 110 Å². The van der Waals surface area contributed by atoms with Crippen LogP contribution in [0.4, 0.5) is 0 Å². The second kappa shape index (κ2) is 8.56. The van der Waals surface area contributed by atoms with Crippen LogP contribution in [0.25, 0.3) is 0 Å². The average Bonchev–Trinajstić information content (AvgIpc) is 2.42. The predicted molar refractivity (Wildman–Crippen MR) is 73.8 cm³/mol. The summed E-state index contributed by atoms with van der Waals surface area (Å²) in [6.07, 6.45) is 3.73. The van der Waals surface area contributed by atoms with Crippen LogP contribution in [0.15, 0.2) is 24.3 Å². The van der Waals surface area contributed by atoms with Crippen LogP contribution in [-0.4, -0.2) is 19.6 Å². The van der Waals surface area contributed by atoms with Crippen LogP contribution in [0.5, 0.6) is 5.75 Å². The number of para-hydroxylation sites is 1. The Morgan fingerprint density at radius 2 is 2.17 bits per heavy atom. The zero-order chi connectivity index (χ0) is 13.2. The Hall–Kier alpha value is -1.51. The molecule has 0 aliphatic carbocycles. The molecule has 0 aliphatic rings. The second-order valence-electron chi connectivity index (χ2n) is 4.61. The summed E-state index contributed by atoms with van der Waals surface area (Å²) in [5.74, 6) is 1.55. The Balaban J connectivity index is 2.48. The average molecular weight is 249 g/mol. The van der Waals surface area contributed by atoms with Crippen LogP contribution in [0, 0.1) is 5.92 Å². The fraction of sp³-hybridized carbons (Fsp3) is 0.533. The van der Waals surface area contributed by atoms with Crippen LogP contribution >= 0.6 is 0 Å². The first kappa shape index (κ1) is 14.6. The van der Waals surface area contributed by atoms with Crippen LogP contribution < -0.4 is 10.1 Å². The molecule has 18 heavy (non-hydrogen) atoms. The van der Waals surface area contributed by atoms with Crippen molar-refractivity contribution >= 4 is 6.41 Å². The molecule has 0 unspecified atom stereocenters. The van der Waals surface area contributed by atoms with Gasteiger partial charge >= 0.3 is 0 Å². The summed E-state index contributed by atoms with van der Waals surface area (Å²) in [6, 6.07) is 8.13. The molecule has 1 aromatic carbocycles. The molecule has 0 spiro atoms. The van der Waals surface area contributed by atoms with Crippen molar-refractivity contribution in [3.8, 4) is 5.75 Å². The summed E-state index contributed by atoms with van der Waals surface area (Å²) < 4.78 is 5.86. The lowest BCUT2D eigenvalue weighted by atomic mass is 10.1. The number of aryl methyl sites for hydroxylation is 1. The lowest BCUT2D eigenvalue weighted by Crippen LogP contribution is -2.13. The molecule has 0 fully saturated rings. The molecular formula is C15H23NO2. The van der Waals surface area contributed by atoms with E-state index in [1.807, 2.05) is 18.2 Å². The fourth-order valence-corrected chi connectivity index (χ4v) is 1.64. The van der Waals surface area contributed by atoms with Crippen LogP contribution in [0.3, 0.4) is 0 Å². The van der Waals surface area contributed by atoms with Gasteiger partial charge in [-0.25, -0.2) is 0 Å². The fourth-order valence-electron chi connectivity index (χ4n) is 1.64. The van der Waals surface area contributed by atoms with E-state index in [0.29, 0.717) is 12.5 Å². The number of benzene rings is 1. The number of rotatable bonds is 9. The highest BCUT2D eigenvalue weighted by Crippen LogP contribution is 2.20. The maximum atomic E-state index is 10.2. The molecule has 0 saturated carbocycles. The number of amides is 1. The van der Waals surface area contributed by atoms with E-state index in [4.69, 9.17) is 4.74 Å². The van der Waals surface area contributed by atoms with Gasteiger partial charge in [-0.2, -0.15) is 0 Å². The smallest absolute Gasteiger partial charge is 0.207 e. The first-order chi connectivity index (χ1) is 8.77. The SMILES string of the molecule is CC[C@@H](C)COc1ccccc1CCCNC=O. The van der Waals surface area contributed by atoms with E-state index in [1.54, 1.807) is 0 Å². The van der Waals surface area contributed by atoms with Crippen molar-refractivity contribution in [3.05, 3.63) is 29.8 Å².